The van der Waals surface area contributed by atoms with Crippen molar-refractivity contribution in [3.05, 3.63) is 35.9 Å². The Balaban J connectivity index is 3.35. The van der Waals surface area contributed by atoms with Crippen molar-refractivity contribution >= 4 is 17.9 Å². The summed E-state index contributed by atoms with van der Waals surface area (Å²) < 4.78 is 5.37. The van der Waals surface area contributed by atoms with Gasteiger partial charge in [-0.05, 0) is 52.5 Å². The maximum absolute atomic E-state index is 13.8. The van der Waals surface area contributed by atoms with Crippen LogP contribution in [-0.2, 0) is 14.3 Å². The van der Waals surface area contributed by atoms with Gasteiger partial charge in [-0.3, -0.25) is 9.59 Å². The van der Waals surface area contributed by atoms with Crippen LogP contribution >= 0.6 is 0 Å². The highest BCUT2D eigenvalue weighted by molar-refractivity contribution is 5.92. The average Bonchev–Trinajstić information content (AvgIpc) is 2.67. The number of rotatable bonds is 10. The van der Waals surface area contributed by atoms with Crippen LogP contribution in [0.4, 0.5) is 4.79 Å². The van der Waals surface area contributed by atoms with Gasteiger partial charge in [0.05, 0.1) is 0 Å². The highest BCUT2D eigenvalue weighted by Gasteiger charge is 2.37. The molecule has 1 aromatic carbocycles. The molecule has 0 heterocycles. The minimum absolute atomic E-state index is 0.0716. The second-order valence-electron chi connectivity index (χ2n) is 9.73. The van der Waals surface area contributed by atoms with Crippen molar-refractivity contribution in [2.75, 3.05) is 6.54 Å². The maximum Gasteiger partial charge on any atom is 0.408 e. The van der Waals surface area contributed by atoms with Crippen molar-refractivity contribution in [1.29, 1.82) is 0 Å². The molecule has 0 fully saturated rings. The first-order chi connectivity index (χ1) is 14.9. The van der Waals surface area contributed by atoms with E-state index in [0.717, 1.165) is 18.4 Å². The Labute approximate surface area is 193 Å². The zero-order valence-corrected chi connectivity index (χ0v) is 20.9. The molecule has 1 aromatic rings. The molecule has 7 heteroatoms. The average molecular weight is 448 g/mol. The second-order valence-corrected chi connectivity index (χ2v) is 9.73. The number of amides is 3. The van der Waals surface area contributed by atoms with Gasteiger partial charge in [0.1, 0.15) is 17.7 Å². The van der Waals surface area contributed by atoms with Gasteiger partial charge in [-0.2, -0.15) is 0 Å². The monoisotopic (exact) mass is 447 g/mol. The van der Waals surface area contributed by atoms with Crippen molar-refractivity contribution in [3.8, 4) is 0 Å². The zero-order chi connectivity index (χ0) is 24.5. The molecule has 0 saturated heterocycles. The molecule has 180 valence electrons. The second kappa shape index (κ2) is 12.5. The molecule has 0 radical (unpaired) electrons. The van der Waals surface area contributed by atoms with E-state index in [9.17, 15) is 14.4 Å². The Morgan fingerprint density at radius 2 is 1.59 bits per heavy atom. The van der Waals surface area contributed by atoms with E-state index in [-0.39, 0.29) is 23.8 Å². The lowest BCUT2D eigenvalue weighted by atomic mass is 9.98. The summed E-state index contributed by atoms with van der Waals surface area (Å²) >= 11 is 0. The van der Waals surface area contributed by atoms with Crippen LogP contribution in [0.15, 0.2) is 30.3 Å². The SMILES string of the molecule is CCCCN(C(=O)C(NC(=O)OC(C)(C)C)C(C)C)C(C(=O)NC(C)C)c1ccccc1. The van der Waals surface area contributed by atoms with E-state index >= 15 is 0 Å². The van der Waals surface area contributed by atoms with Gasteiger partial charge in [0, 0.05) is 12.6 Å². The number of unbranched alkanes of at least 4 members (excludes halogenated alkanes) is 1. The molecule has 0 aliphatic carbocycles. The molecule has 0 aliphatic rings. The van der Waals surface area contributed by atoms with Gasteiger partial charge in [-0.1, -0.05) is 57.5 Å². The lowest BCUT2D eigenvalue weighted by Gasteiger charge is -2.36. The first kappa shape index (κ1) is 27.5. The Hall–Kier alpha value is -2.57. The predicted molar refractivity (Wildman–Crippen MR) is 127 cm³/mol. The Morgan fingerprint density at radius 1 is 1.00 bits per heavy atom. The fourth-order valence-electron chi connectivity index (χ4n) is 3.29. The van der Waals surface area contributed by atoms with Crippen LogP contribution in [0.25, 0.3) is 0 Å². The van der Waals surface area contributed by atoms with E-state index < -0.39 is 23.8 Å². The number of alkyl carbamates (subject to hydrolysis) is 1. The van der Waals surface area contributed by atoms with Crippen LogP contribution in [0.5, 0.6) is 0 Å². The normalized spacial score (nSPS) is 13.4. The quantitative estimate of drug-likeness (QED) is 0.555. The van der Waals surface area contributed by atoms with Gasteiger partial charge < -0.3 is 20.3 Å². The van der Waals surface area contributed by atoms with E-state index in [1.807, 2.05) is 65.0 Å². The first-order valence-corrected chi connectivity index (χ1v) is 11.5. The molecule has 2 unspecified atom stereocenters. The molecule has 0 spiro atoms. The number of hydrogen-bond acceptors (Lipinski definition) is 4. The van der Waals surface area contributed by atoms with Crippen LogP contribution < -0.4 is 10.6 Å². The number of nitrogens with one attached hydrogen (secondary N) is 2. The molecule has 0 aliphatic heterocycles. The molecular weight excluding hydrogens is 406 g/mol. The molecule has 0 aromatic heterocycles. The van der Waals surface area contributed by atoms with Crippen LogP contribution in [0.3, 0.4) is 0 Å². The number of ether oxygens (including phenoxy) is 1. The molecule has 2 N–H and O–H groups in total. The van der Waals surface area contributed by atoms with Gasteiger partial charge in [-0.15, -0.1) is 0 Å². The minimum Gasteiger partial charge on any atom is -0.444 e. The zero-order valence-electron chi connectivity index (χ0n) is 20.9. The lowest BCUT2D eigenvalue weighted by Crippen LogP contribution is -2.55. The van der Waals surface area contributed by atoms with E-state index in [1.54, 1.807) is 25.7 Å². The Morgan fingerprint density at radius 3 is 2.06 bits per heavy atom. The standard InChI is InChI=1S/C25H41N3O4/c1-9-10-16-28(21(22(29)26-18(4)5)19-14-12-11-13-15-19)23(30)20(17(2)3)27-24(31)32-25(6,7)8/h11-15,17-18,20-21H,9-10,16H2,1-8H3,(H,26,29)(H,27,31). The third kappa shape index (κ3) is 8.89. The summed E-state index contributed by atoms with van der Waals surface area (Å²) in [6.45, 7) is 15.3. The molecule has 0 bridgehead atoms. The molecule has 0 saturated carbocycles. The summed E-state index contributed by atoms with van der Waals surface area (Å²) in [6, 6.07) is 7.60. The van der Waals surface area contributed by atoms with Gasteiger partial charge in [0.2, 0.25) is 11.8 Å². The molecule has 3 amide bonds. The number of carbonyl (C=O) groups is 3. The highest BCUT2D eigenvalue weighted by Crippen LogP contribution is 2.24. The molecule has 7 nitrogen and oxygen atoms in total. The van der Waals surface area contributed by atoms with Crippen LogP contribution in [0.2, 0.25) is 0 Å². The summed E-state index contributed by atoms with van der Waals surface area (Å²) in [7, 11) is 0. The fraction of sp³-hybridized carbons (Fsp3) is 0.640. The van der Waals surface area contributed by atoms with E-state index in [2.05, 4.69) is 10.6 Å². The lowest BCUT2D eigenvalue weighted by molar-refractivity contribution is -0.143. The van der Waals surface area contributed by atoms with Gasteiger partial charge >= 0.3 is 6.09 Å². The van der Waals surface area contributed by atoms with Crippen molar-refractivity contribution in [2.45, 2.75) is 92.0 Å². The third-order valence-corrected chi connectivity index (χ3v) is 4.75. The summed E-state index contributed by atoms with van der Waals surface area (Å²) in [4.78, 5) is 41.1. The van der Waals surface area contributed by atoms with E-state index in [4.69, 9.17) is 4.74 Å². The summed E-state index contributed by atoms with van der Waals surface area (Å²) in [6.07, 6.45) is 0.951. The van der Waals surface area contributed by atoms with Crippen LogP contribution in [0.1, 0.15) is 79.8 Å². The highest BCUT2D eigenvalue weighted by atomic mass is 16.6. The van der Waals surface area contributed by atoms with Gasteiger partial charge in [-0.25, -0.2) is 4.79 Å². The van der Waals surface area contributed by atoms with Crippen molar-refractivity contribution in [2.24, 2.45) is 5.92 Å². The van der Waals surface area contributed by atoms with Crippen molar-refractivity contribution < 1.29 is 19.1 Å². The Bertz CT molecular complexity index is 741. The van der Waals surface area contributed by atoms with Crippen LogP contribution in [-0.4, -0.2) is 47.0 Å². The van der Waals surface area contributed by atoms with Gasteiger partial charge in [0.25, 0.3) is 0 Å². The maximum atomic E-state index is 13.8. The topological polar surface area (TPSA) is 87.7 Å². The molecule has 32 heavy (non-hydrogen) atoms. The molecule has 2 atom stereocenters. The van der Waals surface area contributed by atoms with Crippen molar-refractivity contribution in [1.82, 2.24) is 15.5 Å². The van der Waals surface area contributed by atoms with Crippen LogP contribution in [0, 0.1) is 5.92 Å². The summed E-state index contributed by atoms with van der Waals surface area (Å²) in [5.41, 5.74) is 0.0511. The van der Waals surface area contributed by atoms with Crippen molar-refractivity contribution in [3.63, 3.8) is 0 Å². The fourth-order valence-corrected chi connectivity index (χ4v) is 3.29. The number of carbonyl (C=O) groups excluding carboxylic acids is 3. The van der Waals surface area contributed by atoms with Gasteiger partial charge in [0.15, 0.2) is 0 Å². The van der Waals surface area contributed by atoms with E-state index in [1.165, 1.54) is 0 Å². The summed E-state index contributed by atoms with van der Waals surface area (Å²) in [5.74, 6) is -0.730. The first-order valence-electron chi connectivity index (χ1n) is 11.5. The molecular formula is C25H41N3O4. The number of benzene rings is 1. The summed E-state index contributed by atoms with van der Waals surface area (Å²) in [5, 5.41) is 5.68. The third-order valence-electron chi connectivity index (χ3n) is 4.75. The predicted octanol–water partition coefficient (Wildman–Crippen LogP) is 4.43. The smallest absolute Gasteiger partial charge is 0.408 e. The van der Waals surface area contributed by atoms with E-state index in [0.29, 0.717) is 6.54 Å². The number of hydrogen-bond donors (Lipinski definition) is 2. The largest absolute Gasteiger partial charge is 0.444 e. The number of nitrogens with zero attached hydrogens (tertiary/aromatic N) is 1. The Kier molecular flexibility index (Phi) is 10.7. The minimum atomic E-state index is -0.820. The molecule has 1 rings (SSSR count).